The smallest absolute Gasteiger partial charge is 0.0436 e. The van der Waals surface area contributed by atoms with E-state index in [0.717, 1.165) is 23.7 Å². The van der Waals surface area contributed by atoms with Crippen LogP contribution in [0.5, 0.6) is 0 Å². The molecular formula is C15H15ClN2. The molecule has 1 aliphatic heterocycles. The lowest BCUT2D eigenvalue weighted by molar-refractivity contribution is 0.865. The fourth-order valence-electron chi connectivity index (χ4n) is 2.53. The van der Waals surface area contributed by atoms with E-state index in [-0.39, 0.29) is 0 Å². The molecule has 0 radical (unpaired) electrons. The normalized spacial score (nSPS) is 13.8. The van der Waals surface area contributed by atoms with E-state index in [4.69, 9.17) is 17.3 Å². The first kappa shape index (κ1) is 11.6. The molecular weight excluding hydrogens is 244 g/mol. The monoisotopic (exact) mass is 258 g/mol. The molecule has 3 heteroatoms. The summed E-state index contributed by atoms with van der Waals surface area (Å²) in [7, 11) is 0. The van der Waals surface area contributed by atoms with Crippen molar-refractivity contribution >= 4 is 17.3 Å². The lowest BCUT2D eigenvalue weighted by Gasteiger charge is -2.21. The summed E-state index contributed by atoms with van der Waals surface area (Å²) >= 11 is 6.02. The van der Waals surface area contributed by atoms with Crippen LogP contribution in [0, 0.1) is 0 Å². The summed E-state index contributed by atoms with van der Waals surface area (Å²) in [5.41, 5.74) is 10.9. The van der Waals surface area contributed by atoms with E-state index < -0.39 is 0 Å². The fourth-order valence-corrected chi connectivity index (χ4v) is 2.72. The highest BCUT2D eigenvalue weighted by molar-refractivity contribution is 6.30. The molecule has 3 rings (SSSR count). The molecule has 2 N–H and O–H groups in total. The van der Waals surface area contributed by atoms with Crippen molar-refractivity contribution in [3.8, 4) is 0 Å². The highest BCUT2D eigenvalue weighted by Crippen LogP contribution is 2.31. The number of anilines is 1. The topological polar surface area (TPSA) is 29.3 Å². The number of rotatable bonds is 2. The van der Waals surface area contributed by atoms with Gasteiger partial charge in [0.05, 0.1) is 0 Å². The molecule has 0 unspecified atom stereocenters. The van der Waals surface area contributed by atoms with E-state index in [0.29, 0.717) is 6.54 Å². The summed E-state index contributed by atoms with van der Waals surface area (Å²) in [4.78, 5) is 2.35. The summed E-state index contributed by atoms with van der Waals surface area (Å²) in [6, 6.07) is 14.5. The molecule has 92 valence electrons. The van der Waals surface area contributed by atoms with Gasteiger partial charge >= 0.3 is 0 Å². The number of nitrogens with zero attached hydrogens (tertiary/aromatic N) is 1. The summed E-state index contributed by atoms with van der Waals surface area (Å²) in [5.74, 6) is 0. The van der Waals surface area contributed by atoms with Gasteiger partial charge in [-0.1, -0.05) is 35.9 Å². The van der Waals surface area contributed by atoms with Gasteiger partial charge in [-0.2, -0.15) is 0 Å². The van der Waals surface area contributed by atoms with Crippen LogP contribution in [-0.2, 0) is 19.6 Å². The maximum absolute atomic E-state index is 6.02. The van der Waals surface area contributed by atoms with Crippen molar-refractivity contribution < 1.29 is 0 Å². The van der Waals surface area contributed by atoms with Crippen LogP contribution >= 0.6 is 11.6 Å². The van der Waals surface area contributed by atoms with Crippen molar-refractivity contribution in [3.05, 3.63) is 64.2 Å². The summed E-state index contributed by atoms with van der Waals surface area (Å²) in [6.45, 7) is 2.42. The third-order valence-corrected chi connectivity index (χ3v) is 3.68. The molecule has 0 aliphatic carbocycles. The lowest BCUT2D eigenvalue weighted by atomic mass is 10.1. The molecule has 1 aliphatic rings. The van der Waals surface area contributed by atoms with Crippen LogP contribution < -0.4 is 10.6 Å². The van der Waals surface area contributed by atoms with Gasteiger partial charge < -0.3 is 10.6 Å². The molecule has 0 spiro atoms. The Labute approximate surface area is 112 Å². The van der Waals surface area contributed by atoms with Crippen LogP contribution in [0.4, 0.5) is 5.69 Å². The Morgan fingerprint density at radius 2 is 1.72 bits per heavy atom. The van der Waals surface area contributed by atoms with Crippen LogP contribution in [0.25, 0.3) is 0 Å². The molecule has 2 aromatic carbocycles. The van der Waals surface area contributed by atoms with E-state index in [2.05, 4.69) is 35.2 Å². The maximum Gasteiger partial charge on any atom is 0.0436 e. The number of benzene rings is 2. The molecule has 18 heavy (non-hydrogen) atoms. The van der Waals surface area contributed by atoms with Gasteiger partial charge in [-0.25, -0.2) is 0 Å². The van der Waals surface area contributed by atoms with Gasteiger partial charge in [-0.15, -0.1) is 0 Å². The first-order valence-electron chi connectivity index (χ1n) is 6.08. The van der Waals surface area contributed by atoms with Gasteiger partial charge in [-0.05, 0) is 34.9 Å². The number of halogens is 1. The number of hydrogen-bond acceptors (Lipinski definition) is 2. The molecule has 0 aromatic heterocycles. The number of fused-ring (bicyclic) bond motifs is 1. The van der Waals surface area contributed by atoms with Gasteiger partial charge in [0.25, 0.3) is 0 Å². The molecule has 2 aromatic rings. The average molecular weight is 259 g/mol. The molecule has 0 saturated heterocycles. The van der Waals surface area contributed by atoms with E-state index in [1.165, 1.54) is 16.8 Å². The largest absolute Gasteiger partial charge is 0.363 e. The molecule has 0 bridgehead atoms. The first-order chi connectivity index (χ1) is 8.78. The van der Waals surface area contributed by atoms with Crippen molar-refractivity contribution in [2.24, 2.45) is 5.73 Å². The predicted octanol–water partition coefficient (Wildman–Crippen LogP) is 3.32. The third-order valence-electron chi connectivity index (χ3n) is 3.44. The third kappa shape index (κ3) is 1.98. The highest BCUT2D eigenvalue weighted by atomic mass is 35.5. The summed E-state index contributed by atoms with van der Waals surface area (Å²) in [5, 5.41) is 0.746. The minimum atomic E-state index is 0.517. The van der Waals surface area contributed by atoms with Gasteiger partial charge in [0.1, 0.15) is 0 Å². The van der Waals surface area contributed by atoms with Crippen molar-refractivity contribution in [1.29, 1.82) is 0 Å². The van der Waals surface area contributed by atoms with Crippen LogP contribution in [0.15, 0.2) is 42.5 Å². The standard InChI is InChI=1S/C15H15ClN2/c16-14-5-6-15(13(7-14)8-17)18-9-11-3-1-2-4-12(11)10-18/h1-7H,8-10,17H2. The quantitative estimate of drug-likeness (QED) is 0.895. The molecule has 0 fully saturated rings. The second-order valence-corrected chi connectivity index (χ2v) is 5.04. The Balaban J connectivity index is 1.95. The van der Waals surface area contributed by atoms with Gasteiger partial charge in [0.2, 0.25) is 0 Å². The molecule has 0 saturated carbocycles. The Bertz CT molecular complexity index is 555. The zero-order valence-electron chi connectivity index (χ0n) is 10.1. The van der Waals surface area contributed by atoms with E-state index in [1.807, 2.05) is 12.1 Å². The van der Waals surface area contributed by atoms with Crippen LogP contribution in [-0.4, -0.2) is 0 Å². The number of nitrogens with two attached hydrogens (primary N) is 1. The van der Waals surface area contributed by atoms with Crippen molar-refractivity contribution in [1.82, 2.24) is 0 Å². The van der Waals surface area contributed by atoms with Gasteiger partial charge in [-0.3, -0.25) is 0 Å². The van der Waals surface area contributed by atoms with Crippen LogP contribution in [0.1, 0.15) is 16.7 Å². The molecule has 0 amide bonds. The lowest BCUT2D eigenvalue weighted by Crippen LogP contribution is -2.17. The minimum absolute atomic E-state index is 0.517. The predicted molar refractivity (Wildman–Crippen MR) is 75.7 cm³/mol. The Hall–Kier alpha value is -1.51. The van der Waals surface area contributed by atoms with E-state index in [9.17, 15) is 0 Å². The van der Waals surface area contributed by atoms with Crippen molar-refractivity contribution in [2.45, 2.75) is 19.6 Å². The highest BCUT2D eigenvalue weighted by Gasteiger charge is 2.20. The second-order valence-electron chi connectivity index (χ2n) is 4.60. The zero-order valence-corrected chi connectivity index (χ0v) is 10.8. The van der Waals surface area contributed by atoms with E-state index in [1.54, 1.807) is 0 Å². The van der Waals surface area contributed by atoms with Crippen molar-refractivity contribution in [2.75, 3.05) is 4.90 Å². The molecule has 1 heterocycles. The van der Waals surface area contributed by atoms with E-state index >= 15 is 0 Å². The van der Waals surface area contributed by atoms with Crippen LogP contribution in [0.3, 0.4) is 0 Å². The SMILES string of the molecule is NCc1cc(Cl)ccc1N1Cc2ccccc2C1. The fraction of sp³-hybridized carbons (Fsp3) is 0.200. The number of hydrogen-bond donors (Lipinski definition) is 1. The van der Waals surface area contributed by atoms with Gasteiger partial charge in [0.15, 0.2) is 0 Å². The Morgan fingerprint density at radius 1 is 1.06 bits per heavy atom. The van der Waals surface area contributed by atoms with Crippen molar-refractivity contribution in [3.63, 3.8) is 0 Å². The summed E-state index contributed by atoms with van der Waals surface area (Å²) < 4.78 is 0. The Kier molecular flexibility index (Phi) is 2.98. The Morgan fingerprint density at radius 3 is 2.33 bits per heavy atom. The molecule has 2 nitrogen and oxygen atoms in total. The summed E-state index contributed by atoms with van der Waals surface area (Å²) in [6.07, 6.45) is 0. The average Bonchev–Trinajstić information content (AvgIpc) is 2.82. The second kappa shape index (κ2) is 4.63. The maximum atomic E-state index is 6.02. The van der Waals surface area contributed by atoms with Gasteiger partial charge in [0, 0.05) is 30.3 Å². The zero-order chi connectivity index (χ0) is 12.5. The van der Waals surface area contributed by atoms with Crippen LogP contribution in [0.2, 0.25) is 5.02 Å². The molecule has 0 atom stereocenters. The minimum Gasteiger partial charge on any atom is -0.363 e. The first-order valence-corrected chi connectivity index (χ1v) is 6.46.